The van der Waals surface area contributed by atoms with E-state index in [9.17, 15) is 9.59 Å². The lowest BCUT2D eigenvalue weighted by Crippen LogP contribution is -2.42. The second-order valence-electron chi connectivity index (χ2n) is 4.68. The Morgan fingerprint density at radius 3 is 2.89 bits per heavy atom. The number of hydrogen-bond donors (Lipinski definition) is 1. The number of aryl methyl sites for hydroxylation is 1. The van der Waals surface area contributed by atoms with Crippen LogP contribution >= 0.6 is 0 Å². The number of carboxylic acid groups (broad SMARTS) is 1. The molecule has 2 heterocycles. The Bertz CT molecular complexity index is 473. The molecule has 0 spiro atoms. The predicted octanol–water partition coefficient (Wildman–Crippen LogP) is 1.33. The predicted molar refractivity (Wildman–Crippen MR) is 65.2 cm³/mol. The van der Waals surface area contributed by atoms with E-state index >= 15 is 0 Å². The maximum atomic E-state index is 12.2. The van der Waals surface area contributed by atoms with Crippen LogP contribution in [0, 0.1) is 12.8 Å². The molecule has 0 saturated carbocycles. The molecule has 18 heavy (non-hydrogen) atoms. The molecule has 1 fully saturated rings. The number of nitrogens with zero attached hydrogens (tertiary/aromatic N) is 2. The SMILES string of the molecule is Cc1cncc(C(=O)N2CCC[C@@H](C(=O)O)C2)c1. The summed E-state index contributed by atoms with van der Waals surface area (Å²) in [7, 11) is 0. The van der Waals surface area contributed by atoms with E-state index in [1.165, 1.54) is 6.20 Å². The zero-order valence-corrected chi connectivity index (χ0v) is 10.3. The van der Waals surface area contributed by atoms with E-state index in [1.54, 1.807) is 17.2 Å². The molecule has 0 radical (unpaired) electrons. The molecule has 5 heteroatoms. The molecular weight excluding hydrogens is 232 g/mol. The van der Waals surface area contributed by atoms with Crippen molar-refractivity contribution in [1.82, 2.24) is 9.88 Å². The molecule has 96 valence electrons. The van der Waals surface area contributed by atoms with Crippen LogP contribution in [-0.2, 0) is 4.79 Å². The average molecular weight is 248 g/mol. The van der Waals surface area contributed by atoms with Gasteiger partial charge >= 0.3 is 5.97 Å². The third-order valence-electron chi connectivity index (χ3n) is 3.18. The van der Waals surface area contributed by atoms with Gasteiger partial charge in [0.1, 0.15) is 0 Å². The minimum atomic E-state index is -0.824. The normalized spacial score (nSPS) is 19.6. The van der Waals surface area contributed by atoms with E-state index in [0.717, 1.165) is 12.0 Å². The number of carbonyl (C=O) groups excluding carboxylic acids is 1. The van der Waals surface area contributed by atoms with Gasteiger partial charge in [0.2, 0.25) is 0 Å². The fourth-order valence-corrected chi connectivity index (χ4v) is 2.22. The van der Waals surface area contributed by atoms with Gasteiger partial charge in [-0.1, -0.05) is 0 Å². The number of aliphatic carboxylic acids is 1. The third kappa shape index (κ3) is 2.67. The summed E-state index contributed by atoms with van der Waals surface area (Å²) in [6.07, 6.45) is 4.60. The summed E-state index contributed by atoms with van der Waals surface area (Å²) in [6, 6.07) is 1.78. The van der Waals surface area contributed by atoms with Gasteiger partial charge in [0.05, 0.1) is 11.5 Å². The molecule has 0 aromatic carbocycles. The van der Waals surface area contributed by atoms with E-state index in [1.807, 2.05) is 6.92 Å². The highest BCUT2D eigenvalue weighted by Gasteiger charge is 2.28. The van der Waals surface area contributed by atoms with Crippen molar-refractivity contribution >= 4 is 11.9 Å². The number of aromatic nitrogens is 1. The summed E-state index contributed by atoms with van der Waals surface area (Å²) in [4.78, 5) is 28.8. The summed E-state index contributed by atoms with van der Waals surface area (Å²) in [5, 5.41) is 9.00. The second-order valence-corrected chi connectivity index (χ2v) is 4.68. The number of carbonyl (C=O) groups is 2. The first-order valence-corrected chi connectivity index (χ1v) is 6.01. The van der Waals surface area contributed by atoms with Gasteiger partial charge in [-0.05, 0) is 31.4 Å². The molecule has 0 bridgehead atoms. The van der Waals surface area contributed by atoms with E-state index in [0.29, 0.717) is 25.1 Å². The molecule has 1 aliphatic rings. The molecule has 1 aromatic heterocycles. The minimum absolute atomic E-state index is 0.128. The van der Waals surface area contributed by atoms with Gasteiger partial charge in [0.25, 0.3) is 5.91 Å². The van der Waals surface area contributed by atoms with Gasteiger partial charge < -0.3 is 10.0 Å². The lowest BCUT2D eigenvalue weighted by atomic mass is 9.98. The van der Waals surface area contributed by atoms with Crippen molar-refractivity contribution in [1.29, 1.82) is 0 Å². The van der Waals surface area contributed by atoms with Crippen LogP contribution in [0.25, 0.3) is 0 Å². The number of likely N-dealkylation sites (tertiary alicyclic amines) is 1. The molecule has 1 amide bonds. The molecule has 0 aliphatic carbocycles. The maximum Gasteiger partial charge on any atom is 0.308 e. The molecule has 1 atom stereocenters. The number of rotatable bonds is 2. The van der Waals surface area contributed by atoms with Crippen molar-refractivity contribution in [3.8, 4) is 0 Å². The summed E-state index contributed by atoms with van der Waals surface area (Å²) >= 11 is 0. The van der Waals surface area contributed by atoms with Crippen molar-refractivity contribution in [3.05, 3.63) is 29.6 Å². The van der Waals surface area contributed by atoms with Crippen LogP contribution in [-0.4, -0.2) is 40.0 Å². The molecule has 1 aliphatic heterocycles. The van der Waals surface area contributed by atoms with Gasteiger partial charge in [0.15, 0.2) is 0 Å². The standard InChI is InChI=1S/C13H16N2O3/c1-9-5-11(7-14-6-9)12(16)15-4-2-3-10(8-15)13(17)18/h5-7,10H,2-4,8H2,1H3,(H,17,18)/t10-/m1/s1. The number of pyridine rings is 1. The highest BCUT2D eigenvalue weighted by Crippen LogP contribution is 2.18. The summed E-state index contributed by atoms with van der Waals surface area (Å²) in [6.45, 7) is 2.79. The summed E-state index contributed by atoms with van der Waals surface area (Å²) < 4.78 is 0. The lowest BCUT2D eigenvalue weighted by Gasteiger charge is -2.30. The third-order valence-corrected chi connectivity index (χ3v) is 3.18. The highest BCUT2D eigenvalue weighted by atomic mass is 16.4. The highest BCUT2D eigenvalue weighted by molar-refractivity contribution is 5.94. The molecule has 2 rings (SSSR count). The van der Waals surface area contributed by atoms with Gasteiger partial charge in [0, 0.05) is 25.5 Å². The molecule has 5 nitrogen and oxygen atoms in total. The second kappa shape index (κ2) is 5.16. The zero-order valence-electron chi connectivity index (χ0n) is 10.3. The monoisotopic (exact) mass is 248 g/mol. The molecule has 1 saturated heterocycles. The van der Waals surface area contributed by atoms with Gasteiger partial charge in [-0.3, -0.25) is 14.6 Å². The summed E-state index contributed by atoms with van der Waals surface area (Å²) in [5.74, 6) is -1.40. The van der Waals surface area contributed by atoms with Crippen molar-refractivity contribution < 1.29 is 14.7 Å². The van der Waals surface area contributed by atoms with E-state index in [2.05, 4.69) is 4.98 Å². The van der Waals surface area contributed by atoms with Crippen LogP contribution in [0.4, 0.5) is 0 Å². The average Bonchev–Trinajstić information content (AvgIpc) is 2.38. The summed E-state index contributed by atoms with van der Waals surface area (Å²) in [5.41, 5.74) is 1.45. The fourth-order valence-electron chi connectivity index (χ4n) is 2.22. The molecular formula is C13H16N2O3. The Hall–Kier alpha value is -1.91. The van der Waals surface area contributed by atoms with Gasteiger partial charge in [-0.2, -0.15) is 0 Å². The Balaban J connectivity index is 2.11. The zero-order chi connectivity index (χ0) is 13.1. The molecule has 0 unspecified atom stereocenters. The van der Waals surface area contributed by atoms with Crippen LogP contribution < -0.4 is 0 Å². The Kier molecular flexibility index (Phi) is 3.60. The molecule has 1 N–H and O–H groups in total. The van der Waals surface area contributed by atoms with Gasteiger partial charge in [-0.15, -0.1) is 0 Å². The van der Waals surface area contributed by atoms with Crippen LogP contribution in [0.3, 0.4) is 0 Å². The first kappa shape index (κ1) is 12.5. The minimum Gasteiger partial charge on any atom is -0.481 e. The lowest BCUT2D eigenvalue weighted by molar-refractivity contribution is -0.143. The Morgan fingerprint density at radius 1 is 1.44 bits per heavy atom. The van der Waals surface area contributed by atoms with E-state index in [-0.39, 0.29) is 5.91 Å². The number of piperidine rings is 1. The van der Waals surface area contributed by atoms with Crippen LogP contribution in [0.1, 0.15) is 28.8 Å². The van der Waals surface area contributed by atoms with Gasteiger partial charge in [-0.25, -0.2) is 0 Å². The van der Waals surface area contributed by atoms with E-state index in [4.69, 9.17) is 5.11 Å². The quantitative estimate of drug-likeness (QED) is 0.857. The van der Waals surface area contributed by atoms with Crippen LogP contribution in [0.5, 0.6) is 0 Å². The van der Waals surface area contributed by atoms with Crippen molar-refractivity contribution in [2.45, 2.75) is 19.8 Å². The van der Waals surface area contributed by atoms with Crippen molar-refractivity contribution in [2.24, 2.45) is 5.92 Å². The Labute approximate surface area is 105 Å². The van der Waals surface area contributed by atoms with Crippen molar-refractivity contribution in [2.75, 3.05) is 13.1 Å². The first-order chi connectivity index (χ1) is 8.58. The Morgan fingerprint density at radius 2 is 2.22 bits per heavy atom. The number of carboxylic acids is 1. The maximum absolute atomic E-state index is 12.2. The van der Waals surface area contributed by atoms with E-state index < -0.39 is 11.9 Å². The topological polar surface area (TPSA) is 70.5 Å². The fraction of sp³-hybridized carbons (Fsp3) is 0.462. The first-order valence-electron chi connectivity index (χ1n) is 6.01. The van der Waals surface area contributed by atoms with Crippen LogP contribution in [0.15, 0.2) is 18.5 Å². The molecule has 1 aromatic rings. The van der Waals surface area contributed by atoms with Crippen molar-refractivity contribution in [3.63, 3.8) is 0 Å². The number of amides is 1. The van der Waals surface area contributed by atoms with Crippen LogP contribution in [0.2, 0.25) is 0 Å². The number of hydrogen-bond acceptors (Lipinski definition) is 3. The largest absolute Gasteiger partial charge is 0.481 e. The smallest absolute Gasteiger partial charge is 0.308 e.